The predicted octanol–water partition coefficient (Wildman–Crippen LogP) is 5.20. The molecule has 1 saturated carbocycles. The van der Waals surface area contributed by atoms with E-state index in [0.29, 0.717) is 21.8 Å². The molecule has 1 aromatic carbocycles. The van der Waals surface area contributed by atoms with E-state index in [0.717, 1.165) is 48.5 Å². The highest BCUT2D eigenvalue weighted by molar-refractivity contribution is 7.99. The Morgan fingerprint density at radius 2 is 1.93 bits per heavy atom. The first-order valence-electron chi connectivity index (χ1n) is 10.0. The molecule has 0 radical (unpaired) electrons. The topological polar surface area (TPSA) is 63.1 Å². The van der Waals surface area contributed by atoms with Crippen LogP contribution in [0.2, 0.25) is 10.0 Å². The number of carbonyl (C=O) groups excluding carboxylic acids is 1. The predicted molar refractivity (Wildman–Crippen MR) is 119 cm³/mol. The lowest BCUT2D eigenvalue weighted by molar-refractivity contribution is -0.113. The van der Waals surface area contributed by atoms with Gasteiger partial charge in [0.1, 0.15) is 0 Å². The third kappa shape index (κ3) is 4.67. The maximum atomic E-state index is 12.5. The van der Waals surface area contributed by atoms with Crippen molar-refractivity contribution in [2.45, 2.75) is 50.7 Å². The van der Waals surface area contributed by atoms with E-state index in [2.05, 4.69) is 31.9 Å². The van der Waals surface area contributed by atoms with Crippen LogP contribution < -0.4 is 10.2 Å². The van der Waals surface area contributed by atoms with Gasteiger partial charge in [0.25, 0.3) is 0 Å². The Morgan fingerprint density at radius 1 is 1.21 bits per heavy atom. The standard InChI is InChI=1S/C20H25Cl2N5OS/c1-12-7-9-26(10-8-12)19-24-25-20(27(19)14-4-5-14)29-11-16(28)23-18-15(21)6-3-13(2)17(18)22/h3,6,12,14H,4-5,7-11H2,1-2H3,(H,23,28). The molecule has 1 saturated heterocycles. The second-order valence-corrected chi connectivity index (χ2v) is 9.67. The van der Waals surface area contributed by atoms with Crippen LogP contribution >= 0.6 is 35.0 Å². The second-order valence-electron chi connectivity index (χ2n) is 7.94. The van der Waals surface area contributed by atoms with E-state index in [1.54, 1.807) is 6.07 Å². The van der Waals surface area contributed by atoms with Crippen LogP contribution in [-0.4, -0.2) is 39.5 Å². The van der Waals surface area contributed by atoms with Gasteiger partial charge in [-0.3, -0.25) is 9.36 Å². The molecular weight excluding hydrogens is 429 g/mol. The fourth-order valence-electron chi connectivity index (χ4n) is 3.52. The van der Waals surface area contributed by atoms with Gasteiger partial charge in [-0.15, -0.1) is 10.2 Å². The molecule has 1 aromatic heterocycles. The molecular formula is C20H25Cl2N5OS. The number of anilines is 2. The van der Waals surface area contributed by atoms with Crippen molar-refractivity contribution in [1.29, 1.82) is 0 Å². The lowest BCUT2D eigenvalue weighted by atomic mass is 10.00. The molecule has 1 N–H and O–H groups in total. The van der Waals surface area contributed by atoms with E-state index in [4.69, 9.17) is 23.2 Å². The van der Waals surface area contributed by atoms with Crippen LogP contribution in [0.3, 0.4) is 0 Å². The minimum absolute atomic E-state index is 0.164. The summed E-state index contributed by atoms with van der Waals surface area (Å²) >= 11 is 13.9. The molecule has 2 aliphatic rings. The van der Waals surface area contributed by atoms with Gasteiger partial charge in [0.2, 0.25) is 11.9 Å². The van der Waals surface area contributed by atoms with E-state index in [1.807, 2.05) is 13.0 Å². The van der Waals surface area contributed by atoms with Gasteiger partial charge in [-0.2, -0.15) is 0 Å². The molecule has 0 bridgehead atoms. The average molecular weight is 454 g/mol. The van der Waals surface area contributed by atoms with Crippen molar-refractivity contribution in [2.24, 2.45) is 5.92 Å². The molecule has 1 aliphatic carbocycles. The van der Waals surface area contributed by atoms with Crippen molar-refractivity contribution >= 4 is 52.5 Å². The van der Waals surface area contributed by atoms with E-state index >= 15 is 0 Å². The number of piperidine rings is 1. The summed E-state index contributed by atoms with van der Waals surface area (Å²) in [6.45, 7) is 6.21. The number of halogens is 2. The lowest BCUT2D eigenvalue weighted by Gasteiger charge is -2.31. The zero-order valence-electron chi connectivity index (χ0n) is 16.6. The number of rotatable bonds is 6. The van der Waals surface area contributed by atoms with Crippen molar-refractivity contribution in [1.82, 2.24) is 14.8 Å². The minimum atomic E-state index is -0.164. The SMILES string of the molecule is Cc1ccc(Cl)c(NC(=O)CSc2nnc(N3CCC(C)CC3)n2C2CC2)c1Cl. The van der Waals surface area contributed by atoms with Crippen LogP contribution in [0, 0.1) is 12.8 Å². The number of nitrogens with zero attached hydrogens (tertiary/aromatic N) is 4. The largest absolute Gasteiger partial charge is 0.341 e. The summed E-state index contributed by atoms with van der Waals surface area (Å²) in [6.07, 6.45) is 4.65. The molecule has 4 rings (SSSR count). The van der Waals surface area contributed by atoms with E-state index in [9.17, 15) is 4.79 Å². The first-order valence-corrected chi connectivity index (χ1v) is 11.7. The summed E-state index contributed by atoms with van der Waals surface area (Å²) in [5.74, 6) is 1.78. The highest BCUT2D eigenvalue weighted by Crippen LogP contribution is 2.41. The number of benzene rings is 1. The fraction of sp³-hybridized carbons (Fsp3) is 0.550. The molecule has 0 atom stereocenters. The van der Waals surface area contributed by atoms with Gasteiger partial charge in [0.15, 0.2) is 5.16 Å². The molecule has 2 aromatic rings. The third-order valence-electron chi connectivity index (χ3n) is 5.51. The summed E-state index contributed by atoms with van der Waals surface area (Å²) in [5.41, 5.74) is 1.33. The molecule has 6 nitrogen and oxygen atoms in total. The van der Waals surface area contributed by atoms with Crippen LogP contribution in [0.15, 0.2) is 17.3 Å². The minimum Gasteiger partial charge on any atom is -0.341 e. The Kier molecular flexibility index (Phi) is 6.27. The van der Waals surface area contributed by atoms with Gasteiger partial charge < -0.3 is 10.2 Å². The molecule has 156 valence electrons. The molecule has 2 fully saturated rings. The second kappa shape index (κ2) is 8.74. The van der Waals surface area contributed by atoms with Crippen molar-refractivity contribution < 1.29 is 4.79 Å². The fourth-order valence-corrected chi connectivity index (χ4v) is 4.79. The number of hydrogen-bond donors (Lipinski definition) is 1. The first kappa shape index (κ1) is 20.8. The van der Waals surface area contributed by atoms with Crippen molar-refractivity contribution in [3.05, 3.63) is 27.7 Å². The van der Waals surface area contributed by atoms with E-state index < -0.39 is 0 Å². The van der Waals surface area contributed by atoms with Gasteiger partial charge in [-0.05, 0) is 50.2 Å². The Morgan fingerprint density at radius 3 is 2.62 bits per heavy atom. The smallest absolute Gasteiger partial charge is 0.234 e. The van der Waals surface area contributed by atoms with Crippen molar-refractivity contribution in [3.8, 4) is 0 Å². The zero-order valence-corrected chi connectivity index (χ0v) is 18.9. The van der Waals surface area contributed by atoms with Crippen LogP contribution in [0.1, 0.15) is 44.2 Å². The van der Waals surface area contributed by atoms with Crippen molar-refractivity contribution in [3.63, 3.8) is 0 Å². The normalized spacial score (nSPS) is 17.6. The van der Waals surface area contributed by atoms with Crippen LogP contribution in [0.5, 0.6) is 0 Å². The molecule has 0 spiro atoms. The van der Waals surface area contributed by atoms with Gasteiger partial charge in [0, 0.05) is 19.1 Å². The van der Waals surface area contributed by atoms with Gasteiger partial charge in [0.05, 0.1) is 21.5 Å². The maximum absolute atomic E-state index is 12.5. The van der Waals surface area contributed by atoms with Crippen LogP contribution in [0.4, 0.5) is 11.6 Å². The van der Waals surface area contributed by atoms with Gasteiger partial charge in [-0.1, -0.05) is 48.0 Å². The molecule has 1 aliphatic heterocycles. The monoisotopic (exact) mass is 453 g/mol. The Hall–Kier alpha value is -1.44. The number of carbonyl (C=O) groups is 1. The summed E-state index contributed by atoms with van der Waals surface area (Å²) in [5, 5.41) is 13.4. The van der Waals surface area contributed by atoms with Gasteiger partial charge >= 0.3 is 0 Å². The third-order valence-corrected chi connectivity index (χ3v) is 7.25. The number of aryl methyl sites for hydroxylation is 1. The summed E-state index contributed by atoms with van der Waals surface area (Å²) in [4.78, 5) is 14.9. The average Bonchev–Trinajstić information content (AvgIpc) is 3.46. The lowest BCUT2D eigenvalue weighted by Crippen LogP contribution is -2.34. The number of hydrogen-bond acceptors (Lipinski definition) is 5. The zero-order chi connectivity index (χ0) is 20.5. The molecule has 9 heteroatoms. The molecule has 2 heterocycles. The summed E-state index contributed by atoms with van der Waals surface area (Å²) < 4.78 is 2.22. The van der Waals surface area contributed by atoms with E-state index in [-0.39, 0.29) is 11.7 Å². The first-order chi connectivity index (χ1) is 13.9. The molecule has 0 unspecified atom stereocenters. The van der Waals surface area contributed by atoms with Crippen LogP contribution in [-0.2, 0) is 4.79 Å². The van der Waals surface area contributed by atoms with Gasteiger partial charge in [-0.25, -0.2) is 0 Å². The Labute approximate surface area is 185 Å². The Bertz CT molecular complexity index is 907. The Balaban J connectivity index is 1.44. The molecule has 29 heavy (non-hydrogen) atoms. The number of thioether (sulfide) groups is 1. The highest BCUT2D eigenvalue weighted by Gasteiger charge is 2.32. The van der Waals surface area contributed by atoms with Crippen LogP contribution in [0.25, 0.3) is 0 Å². The number of amides is 1. The molecule has 1 amide bonds. The quantitative estimate of drug-likeness (QED) is 0.609. The summed E-state index contributed by atoms with van der Waals surface area (Å²) in [7, 11) is 0. The number of nitrogens with one attached hydrogen (secondary N) is 1. The van der Waals surface area contributed by atoms with Crippen molar-refractivity contribution in [2.75, 3.05) is 29.1 Å². The van der Waals surface area contributed by atoms with E-state index in [1.165, 1.54) is 24.6 Å². The summed E-state index contributed by atoms with van der Waals surface area (Å²) in [6, 6.07) is 4.02. The highest BCUT2D eigenvalue weighted by atomic mass is 35.5. The number of aromatic nitrogens is 3. The maximum Gasteiger partial charge on any atom is 0.234 e.